The van der Waals surface area contributed by atoms with Gasteiger partial charge in [-0.05, 0) is 48.5 Å². The van der Waals surface area contributed by atoms with E-state index in [4.69, 9.17) is 9.47 Å². The smallest absolute Gasteiger partial charge is 0.257 e. The van der Waals surface area contributed by atoms with Crippen molar-refractivity contribution in [2.24, 2.45) is 0 Å². The Labute approximate surface area is 172 Å². The zero-order valence-electron chi connectivity index (χ0n) is 15.7. The molecule has 0 bridgehead atoms. The van der Waals surface area contributed by atoms with E-state index in [-0.39, 0.29) is 12.5 Å². The predicted molar refractivity (Wildman–Crippen MR) is 115 cm³/mol. The van der Waals surface area contributed by atoms with E-state index in [0.717, 1.165) is 21.0 Å². The number of nitrogens with one attached hydrogen (secondary N) is 1. The van der Waals surface area contributed by atoms with E-state index in [9.17, 15) is 4.79 Å². The largest absolute Gasteiger partial charge is 0.484 e. The number of para-hydroxylation sites is 2. The minimum Gasteiger partial charge on any atom is -0.484 e. The van der Waals surface area contributed by atoms with Crippen LogP contribution in [0.3, 0.4) is 0 Å². The summed E-state index contributed by atoms with van der Waals surface area (Å²) in [7, 11) is 0. The number of aromatic nitrogens is 1. The van der Waals surface area contributed by atoms with Gasteiger partial charge in [-0.25, -0.2) is 4.98 Å². The maximum Gasteiger partial charge on any atom is 0.257 e. The highest BCUT2D eigenvalue weighted by Gasteiger charge is 2.06. The Kier molecular flexibility index (Phi) is 6.02. The van der Waals surface area contributed by atoms with Crippen molar-refractivity contribution in [1.29, 1.82) is 0 Å². The second-order valence-corrected chi connectivity index (χ2v) is 7.47. The molecule has 0 fully saturated rings. The lowest BCUT2D eigenvalue weighted by atomic mass is 10.3. The molecule has 6 heteroatoms. The standard InChI is InChI=1S/C23H20N2O3S/c26-22(24-15-14-23-25-20-8-4-5-9-21(20)29-23)16-27-17-10-12-19(13-11-17)28-18-6-2-1-3-7-18/h1-13H,14-16H2,(H,24,26). The minimum atomic E-state index is -0.157. The number of fused-ring (bicyclic) bond motifs is 1. The van der Waals surface area contributed by atoms with Gasteiger partial charge in [-0.2, -0.15) is 0 Å². The molecule has 0 aliphatic rings. The Balaban J connectivity index is 1.20. The third-order valence-corrected chi connectivity index (χ3v) is 5.27. The fourth-order valence-electron chi connectivity index (χ4n) is 2.76. The van der Waals surface area contributed by atoms with Gasteiger partial charge in [-0.1, -0.05) is 30.3 Å². The molecule has 1 amide bonds. The van der Waals surface area contributed by atoms with Crippen molar-refractivity contribution in [2.75, 3.05) is 13.2 Å². The molecule has 3 aromatic carbocycles. The summed E-state index contributed by atoms with van der Waals surface area (Å²) in [6.45, 7) is 0.505. The second kappa shape index (κ2) is 9.21. The first-order chi connectivity index (χ1) is 14.3. The molecule has 0 atom stereocenters. The van der Waals surface area contributed by atoms with Crippen molar-refractivity contribution in [3.05, 3.63) is 83.9 Å². The summed E-state index contributed by atoms with van der Waals surface area (Å²) in [4.78, 5) is 16.6. The van der Waals surface area contributed by atoms with Gasteiger partial charge in [0.25, 0.3) is 5.91 Å². The highest BCUT2D eigenvalue weighted by Crippen LogP contribution is 2.23. The first kappa shape index (κ1) is 19.0. The van der Waals surface area contributed by atoms with Crippen molar-refractivity contribution in [1.82, 2.24) is 10.3 Å². The molecule has 146 valence electrons. The van der Waals surface area contributed by atoms with Gasteiger partial charge in [-0.3, -0.25) is 4.79 Å². The van der Waals surface area contributed by atoms with Gasteiger partial charge < -0.3 is 14.8 Å². The molecule has 1 N–H and O–H groups in total. The number of carbonyl (C=O) groups is 1. The molecule has 0 saturated carbocycles. The van der Waals surface area contributed by atoms with E-state index in [0.29, 0.717) is 24.5 Å². The van der Waals surface area contributed by atoms with Crippen molar-refractivity contribution in [3.8, 4) is 17.2 Å². The predicted octanol–water partition coefficient (Wildman–Crippen LogP) is 4.83. The molecule has 0 saturated heterocycles. The molecule has 1 heterocycles. The molecule has 0 unspecified atom stereocenters. The van der Waals surface area contributed by atoms with E-state index in [1.54, 1.807) is 23.5 Å². The lowest BCUT2D eigenvalue weighted by Gasteiger charge is -2.09. The van der Waals surface area contributed by atoms with Gasteiger partial charge >= 0.3 is 0 Å². The summed E-state index contributed by atoms with van der Waals surface area (Å²) in [5.41, 5.74) is 1.00. The van der Waals surface area contributed by atoms with Gasteiger partial charge in [0.2, 0.25) is 0 Å². The number of nitrogens with zero attached hydrogens (tertiary/aromatic N) is 1. The lowest BCUT2D eigenvalue weighted by molar-refractivity contribution is -0.123. The maximum absolute atomic E-state index is 12.0. The quantitative estimate of drug-likeness (QED) is 0.457. The van der Waals surface area contributed by atoms with E-state index >= 15 is 0 Å². The fourth-order valence-corrected chi connectivity index (χ4v) is 3.73. The molecule has 0 aliphatic carbocycles. The van der Waals surface area contributed by atoms with E-state index in [1.165, 1.54) is 0 Å². The van der Waals surface area contributed by atoms with Crippen LogP contribution in [-0.4, -0.2) is 24.0 Å². The third-order valence-electron chi connectivity index (χ3n) is 4.17. The van der Waals surface area contributed by atoms with E-state index < -0.39 is 0 Å². The van der Waals surface area contributed by atoms with E-state index in [2.05, 4.69) is 16.4 Å². The normalized spacial score (nSPS) is 10.6. The number of hydrogen-bond donors (Lipinski definition) is 1. The topological polar surface area (TPSA) is 60.5 Å². The first-order valence-electron chi connectivity index (χ1n) is 9.33. The number of hydrogen-bond acceptors (Lipinski definition) is 5. The van der Waals surface area contributed by atoms with Gasteiger partial charge in [-0.15, -0.1) is 11.3 Å². The van der Waals surface area contributed by atoms with Crippen LogP contribution < -0.4 is 14.8 Å². The molecular formula is C23H20N2O3S. The maximum atomic E-state index is 12.0. The van der Waals surface area contributed by atoms with Crippen LogP contribution in [0.4, 0.5) is 0 Å². The molecule has 1 aromatic heterocycles. The zero-order valence-corrected chi connectivity index (χ0v) is 16.5. The number of rotatable bonds is 8. The average molecular weight is 404 g/mol. The zero-order chi connectivity index (χ0) is 19.9. The Morgan fingerprint density at radius 2 is 1.55 bits per heavy atom. The number of benzene rings is 3. The van der Waals surface area contributed by atoms with Crippen LogP contribution in [0.1, 0.15) is 5.01 Å². The molecular weight excluding hydrogens is 384 g/mol. The highest BCUT2D eigenvalue weighted by atomic mass is 32.1. The van der Waals surface area contributed by atoms with Crippen molar-refractivity contribution in [2.45, 2.75) is 6.42 Å². The van der Waals surface area contributed by atoms with Crippen molar-refractivity contribution >= 4 is 27.5 Å². The Morgan fingerprint density at radius 1 is 0.862 bits per heavy atom. The summed E-state index contributed by atoms with van der Waals surface area (Å²) in [5.74, 6) is 1.94. The Bertz CT molecular complexity index is 1050. The molecule has 4 rings (SSSR count). The van der Waals surface area contributed by atoms with Crippen LogP contribution in [0, 0.1) is 0 Å². The minimum absolute atomic E-state index is 0.0290. The lowest BCUT2D eigenvalue weighted by Crippen LogP contribution is -2.30. The number of ether oxygens (including phenoxy) is 2. The van der Waals surface area contributed by atoms with Crippen LogP contribution in [-0.2, 0) is 11.2 Å². The van der Waals surface area contributed by atoms with Gasteiger partial charge in [0.1, 0.15) is 17.2 Å². The summed E-state index contributed by atoms with van der Waals surface area (Å²) in [6.07, 6.45) is 0.705. The van der Waals surface area contributed by atoms with Crippen LogP contribution >= 0.6 is 11.3 Å². The molecule has 29 heavy (non-hydrogen) atoms. The SMILES string of the molecule is O=C(COc1ccc(Oc2ccccc2)cc1)NCCc1nc2ccccc2s1. The number of thiazole rings is 1. The molecule has 4 aromatic rings. The van der Waals surface area contributed by atoms with Crippen LogP contribution in [0.2, 0.25) is 0 Å². The third kappa shape index (κ3) is 5.33. The highest BCUT2D eigenvalue weighted by molar-refractivity contribution is 7.18. The van der Waals surface area contributed by atoms with Gasteiger partial charge in [0.15, 0.2) is 6.61 Å². The summed E-state index contributed by atoms with van der Waals surface area (Å²) >= 11 is 1.66. The summed E-state index contributed by atoms with van der Waals surface area (Å²) < 4.78 is 12.4. The van der Waals surface area contributed by atoms with Crippen LogP contribution in [0.5, 0.6) is 17.2 Å². The van der Waals surface area contributed by atoms with Crippen molar-refractivity contribution in [3.63, 3.8) is 0 Å². The molecule has 0 spiro atoms. The Hall–Kier alpha value is -3.38. The first-order valence-corrected chi connectivity index (χ1v) is 10.1. The molecule has 0 aliphatic heterocycles. The van der Waals surface area contributed by atoms with Gasteiger partial charge in [0, 0.05) is 13.0 Å². The fraction of sp³-hybridized carbons (Fsp3) is 0.130. The van der Waals surface area contributed by atoms with E-state index in [1.807, 2.05) is 60.7 Å². The Morgan fingerprint density at radius 3 is 2.34 bits per heavy atom. The van der Waals surface area contributed by atoms with Crippen LogP contribution in [0.15, 0.2) is 78.9 Å². The molecule has 5 nitrogen and oxygen atoms in total. The summed E-state index contributed by atoms with van der Waals surface area (Å²) in [6, 6.07) is 24.8. The monoisotopic (exact) mass is 404 g/mol. The number of carbonyl (C=O) groups excluding carboxylic acids is 1. The van der Waals surface area contributed by atoms with Crippen LogP contribution in [0.25, 0.3) is 10.2 Å². The second-order valence-electron chi connectivity index (χ2n) is 6.35. The van der Waals surface area contributed by atoms with Gasteiger partial charge in [0.05, 0.1) is 15.2 Å². The molecule has 0 radical (unpaired) electrons. The summed E-state index contributed by atoms with van der Waals surface area (Å²) in [5, 5.41) is 3.88. The number of amides is 1. The van der Waals surface area contributed by atoms with Crippen molar-refractivity contribution < 1.29 is 14.3 Å². The average Bonchev–Trinajstić information content (AvgIpc) is 3.17.